The number of para-hydroxylation sites is 1. The molecule has 1 aromatic rings. The van der Waals surface area contributed by atoms with E-state index >= 15 is 0 Å². The molecule has 0 saturated carbocycles. The molecule has 118 valence electrons. The van der Waals surface area contributed by atoms with Crippen LogP contribution in [0.3, 0.4) is 0 Å². The minimum atomic E-state index is -0.733. The Morgan fingerprint density at radius 1 is 1.05 bits per heavy atom. The van der Waals surface area contributed by atoms with Gasteiger partial charge in [0.15, 0.2) is 0 Å². The van der Waals surface area contributed by atoms with Crippen LogP contribution in [0.15, 0.2) is 30.3 Å². The molecule has 0 aliphatic rings. The zero-order valence-corrected chi connectivity index (χ0v) is 13.7. The van der Waals surface area contributed by atoms with Gasteiger partial charge in [-0.05, 0) is 36.8 Å². The van der Waals surface area contributed by atoms with E-state index in [1.807, 2.05) is 18.2 Å². The predicted molar refractivity (Wildman–Crippen MR) is 88.7 cm³/mol. The summed E-state index contributed by atoms with van der Waals surface area (Å²) in [6.45, 7) is 9.49. The van der Waals surface area contributed by atoms with Crippen molar-refractivity contribution in [2.75, 3.05) is 11.4 Å². The molecule has 1 N–H and O–H groups in total. The maximum absolute atomic E-state index is 11.0. The molecular weight excluding hydrogens is 262 g/mol. The third-order valence-corrected chi connectivity index (χ3v) is 3.58. The Morgan fingerprint density at radius 2 is 1.57 bits per heavy atom. The maximum Gasteiger partial charge on any atom is 0.305 e. The van der Waals surface area contributed by atoms with E-state index < -0.39 is 5.97 Å². The van der Waals surface area contributed by atoms with Crippen LogP contribution in [0.4, 0.5) is 5.69 Å². The summed E-state index contributed by atoms with van der Waals surface area (Å²) in [6, 6.07) is 10.6. The van der Waals surface area contributed by atoms with Gasteiger partial charge in [0.25, 0.3) is 0 Å². The Labute approximate surface area is 129 Å². The SMILES string of the molecule is CC(C)CC(CC(C)C)N(CCC(=O)O)c1ccccc1. The lowest BCUT2D eigenvalue weighted by Gasteiger charge is -2.36. The largest absolute Gasteiger partial charge is 0.481 e. The van der Waals surface area contributed by atoms with Crippen LogP contribution < -0.4 is 4.90 Å². The van der Waals surface area contributed by atoms with Crippen molar-refractivity contribution in [3.63, 3.8) is 0 Å². The molecule has 0 heterocycles. The number of carbonyl (C=O) groups is 1. The maximum atomic E-state index is 11.0. The summed E-state index contributed by atoms with van der Waals surface area (Å²) < 4.78 is 0. The fraction of sp³-hybridized carbons (Fsp3) is 0.611. The molecular formula is C18H29NO2. The fourth-order valence-electron chi connectivity index (χ4n) is 2.80. The molecule has 0 fully saturated rings. The summed E-state index contributed by atoms with van der Waals surface area (Å²) in [4.78, 5) is 13.3. The highest BCUT2D eigenvalue weighted by Crippen LogP contribution is 2.25. The monoisotopic (exact) mass is 291 g/mol. The number of rotatable bonds is 9. The molecule has 21 heavy (non-hydrogen) atoms. The molecule has 1 aromatic carbocycles. The minimum Gasteiger partial charge on any atom is -0.481 e. The standard InChI is InChI=1S/C18H29NO2/c1-14(2)12-17(13-15(3)4)19(11-10-18(20)21)16-8-6-5-7-9-16/h5-9,14-15,17H,10-13H2,1-4H3,(H,20,21). The van der Waals surface area contributed by atoms with E-state index in [9.17, 15) is 4.79 Å². The molecule has 0 aromatic heterocycles. The van der Waals surface area contributed by atoms with Crippen molar-refractivity contribution in [2.24, 2.45) is 11.8 Å². The third-order valence-electron chi connectivity index (χ3n) is 3.58. The molecule has 1 rings (SSSR count). The van der Waals surface area contributed by atoms with Crippen molar-refractivity contribution in [2.45, 2.75) is 53.0 Å². The van der Waals surface area contributed by atoms with Gasteiger partial charge in [0.2, 0.25) is 0 Å². The van der Waals surface area contributed by atoms with Crippen LogP contribution in [-0.4, -0.2) is 23.7 Å². The molecule has 0 aliphatic carbocycles. The molecule has 3 nitrogen and oxygen atoms in total. The number of aliphatic carboxylic acids is 1. The fourth-order valence-corrected chi connectivity index (χ4v) is 2.80. The van der Waals surface area contributed by atoms with Crippen LogP contribution in [0.2, 0.25) is 0 Å². The van der Waals surface area contributed by atoms with E-state index in [4.69, 9.17) is 5.11 Å². The summed E-state index contributed by atoms with van der Waals surface area (Å²) in [6.07, 6.45) is 2.36. The Kier molecular flexibility index (Phi) is 7.27. The average molecular weight is 291 g/mol. The van der Waals surface area contributed by atoms with Gasteiger partial charge in [-0.2, -0.15) is 0 Å². The van der Waals surface area contributed by atoms with Crippen molar-refractivity contribution in [1.82, 2.24) is 0 Å². The second kappa shape index (κ2) is 8.71. The number of carboxylic acids is 1. The van der Waals surface area contributed by atoms with Crippen LogP contribution in [-0.2, 0) is 4.79 Å². The molecule has 0 saturated heterocycles. The van der Waals surface area contributed by atoms with Crippen molar-refractivity contribution < 1.29 is 9.90 Å². The van der Waals surface area contributed by atoms with E-state index in [1.54, 1.807) is 0 Å². The summed E-state index contributed by atoms with van der Waals surface area (Å²) in [7, 11) is 0. The zero-order valence-electron chi connectivity index (χ0n) is 13.7. The number of carboxylic acid groups (broad SMARTS) is 1. The Bertz CT molecular complexity index is 404. The van der Waals surface area contributed by atoms with Gasteiger partial charge in [-0.25, -0.2) is 0 Å². The number of benzene rings is 1. The van der Waals surface area contributed by atoms with Gasteiger partial charge in [0, 0.05) is 18.3 Å². The molecule has 0 spiro atoms. The van der Waals surface area contributed by atoms with Crippen LogP contribution in [0.1, 0.15) is 47.0 Å². The first-order valence-corrected chi connectivity index (χ1v) is 7.93. The molecule has 0 amide bonds. The highest BCUT2D eigenvalue weighted by atomic mass is 16.4. The summed E-state index contributed by atoms with van der Waals surface area (Å²) in [5, 5.41) is 9.03. The summed E-state index contributed by atoms with van der Waals surface area (Å²) in [5.41, 5.74) is 1.13. The van der Waals surface area contributed by atoms with Crippen molar-refractivity contribution in [1.29, 1.82) is 0 Å². The first-order valence-electron chi connectivity index (χ1n) is 7.93. The van der Waals surface area contributed by atoms with Crippen molar-refractivity contribution in [3.05, 3.63) is 30.3 Å². The molecule has 0 bridgehead atoms. The van der Waals surface area contributed by atoms with Gasteiger partial charge in [-0.1, -0.05) is 45.9 Å². The van der Waals surface area contributed by atoms with Crippen LogP contribution in [0.5, 0.6) is 0 Å². The zero-order chi connectivity index (χ0) is 15.8. The van der Waals surface area contributed by atoms with Gasteiger partial charge in [0.1, 0.15) is 0 Å². The first-order chi connectivity index (χ1) is 9.90. The van der Waals surface area contributed by atoms with Gasteiger partial charge in [-0.3, -0.25) is 4.79 Å². The molecule has 0 atom stereocenters. The highest BCUT2D eigenvalue weighted by Gasteiger charge is 2.21. The van der Waals surface area contributed by atoms with E-state index in [-0.39, 0.29) is 6.42 Å². The van der Waals surface area contributed by atoms with E-state index in [0.29, 0.717) is 24.4 Å². The van der Waals surface area contributed by atoms with E-state index in [2.05, 4.69) is 44.7 Å². The molecule has 3 heteroatoms. The minimum absolute atomic E-state index is 0.182. The second-order valence-electron chi connectivity index (χ2n) is 6.59. The summed E-state index contributed by atoms with van der Waals surface area (Å²) in [5.74, 6) is 0.471. The molecule has 0 aliphatic heterocycles. The average Bonchev–Trinajstić information content (AvgIpc) is 2.38. The topological polar surface area (TPSA) is 40.5 Å². The Balaban J connectivity index is 2.96. The number of hydrogen-bond acceptors (Lipinski definition) is 2. The Morgan fingerprint density at radius 3 is 2.00 bits per heavy atom. The number of nitrogens with zero attached hydrogens (tertiary/aromatic N) is 1. The second-order valence-corrected chi connectivity index (χ2v) is 6.59. The lowest BCUT2D eigenvalue weighted by molar-refractivity contribution is -0.136. The first kappa shape index (κ1) is 17.5. The van der Waals surface area contributed by atoms with Crippen molar-refractivity contribution in [3.8, 4) is 0 Å². The van der Waals surface area contributed by atoms with Crippen molar-refractivity contribution >= 4 is 11.7 Å². The number of hydrogen-bond donors (Lipinski definition) is 1. The smallest absolute Gasteiger partial charge is 0.305 e. The quantitative estimate of drug-likeness (QED) is 0.731. The van der Waals surface area contributed by atoms with Crippen LogP contribution in [0, 0.1) is 11.8 Å². The van der Waals surface area contributed by atoms with Gasteiger partial charge in [-0.15, -0.1) is 0 Å². The van der Waals surface area contributed by atoms with Gasteiger partial charge >= 0.3 is 5.97 Å². The van der Waals surface area contributed by atoms with E-state index in [1.165, 1.54) is 0 Å². The molecule has 0 radical (unpaired) electrons. The lowest BCUT2D eigenvalue weighted by Crippen LogP contribution is -2.39. The Hall–Kier alpha value is -1.51. The van der Waals surface area contributed by atoms with E-state index in [0.717, 1.165) is 18.5 Å². The van der Waals surface area contributed by atoms with Crippen LogP contribution in [0.25, 0.3) is 0 Å². The molecule has 0 unspecified atom stereocenters. The normalized spacial score (nSPS) is 11.4. The van der Waals surface area contributed by atoms with Gasteiger partial charge < -0.3 is 10.0 Å². The van der Waals surface area contributed by atoms with Gasteiger partial charge in [0.05, 0.1) is 6.42 Å². The number of anilines is 1. The summed E-state index contributed by atoms with van der Waals surface area (Å²) >= 11 is 0. The highest BCUT2D eigenvalue weighted by molar-refractivity contribution is 5.67. The lowest BCUT2D eigenvalue weighted by atomic mass is 9.93. The van der Waals surface area contributed by atoms with Crippen LogP contribution >= 0.6 is 0 Å². The third kappa shape index (κ3) is 6.65. The predicted octanol–water partition coefficient (Wildman–Crippen LogP) is 4.43.